The van der Waals surface area contributed by atoms with Crippen LogP contribution in [0, 0.1) is 18.6 Å². The number of hydrogen-bond acceptors (Lipinski definition) is 4. The molecule has 1 aliphatic heterocycles. The molecule has 0 unspecified atom stereocenters. The molecule has 6 rings (SSSR count). The molecule has 0 saturated heterocycles. The molecule has 0 radical (unpaired) electrons. The molecule has 5 aromatic rings. The van der Waals surface area contributed by atoms with Crippen LogP contribution < -0.4 is 4.90 Å². The molecule has 0 saturated carbocycles. The number of hydrogen-bond donors (Lipinski definition) is 0. The summed E-state index contributed by atoms with van der Waals surface area (Å²) in [6, 6.07) is 19.4. The van der Waals surface area contributed by atoms with Crippen LogP contribution in [0.3, 0.4) is 0 Å². The maximum atomic E-state index is 14.6. The molecule has 2 aromatic heterocycles. The second kappa shape index (κ2) is 7.99. The lowest BCUT2D eigenvalue weighted by atomic mass is 10.0. The summed E-state index contributed by atoms with van der Waals surface area (Å²) in [6.07, 6.45) is 4.37. The molecule has 6 heteroatoms. The van der Waals surface area contributed by atoms with Crippen LogP contribution in [0.15, 0.2) is 79.1 Å². The first-order chi connectivity index (χ1) is 16.6. The van der Waals surface area contributed by atoms with E-state index in [1.807, 2.05) is 30.3 Å². The first-order valence-electron chi connectivity index (χ1n) is 11.1. The van der Waals surface area contributed by atoms with Gasteiger partial charge < -0.3 is 4.90 Å². The highest BCUT2D eigenvalue weighted by atomic mass is 19.1. The van der Waals surface area contributed by atoms with Crippen LogP contribution >= 0.6 is 0 Å². The van der Waals surface area contributed by atoms with Crippen molar-refractivity contribution >= 4 is 22.4 Å². The first kappa shape index (κ1) is 20.4. The van der Waals surface area contributed by atoms with Gasteiger partial charge in [0.05, 0.1) is 5.52 Å². The molecule has 0 amide bonds. The first-order valence-corrected chi connectivity index (χ1v) is 11.1. The van der Waals surface area contributed by atoms with E-state index >= 15 is 0 Å². The number of anilines is 2. The number of aryl methyl sites for hydroxylation is 1. The van der Waals surface area contributed by atoms with Gasteiger partial charge in [-0.25, -0.2) is 18.7 Å². The fourth-order valence-electron chi connectivity index (χ4n) is 4.58. The summed E-state index contributed by atoms with van der Waals surface area (Å²) < 4.78 is 28.1. The van der Waals surface area contributed by atoms with Crippen molar-refractivity contribution in [3.63, 3.8) is 0 Å². The highest BCUT2D eigenvalue weighted by molar-refractivity contribution is 5.96. The van der Waals surface area contributed by atoms with Gasteiger partial charge in [0.15, 0.2) is 5.82 Å². The molecule has 0 atom stereocenters. The molecule has 3 aromatic carbocycles. The van der Waals surface area contributed by atoms with Crippen molar-refractivity contribution in [2.24, 2.45) is 0 Å². The molecule has 1 aliphatic rings. The second-order valence-corrected chi connectivity index (χ2v) is 8.50. The predicted molar refractivity (Wildman–Crippen MR) is 130 cm³/mol. The third kappa shape index (κ3) is 3.48. The second-order valence-electron chi connectivity index (χ2n) is 8.50. The molecule has 4 nitrogen and oxygen atoms in total. The van der Waals surface area contributed by atoms with Gasteiger partial charge in [0.2, 0.25) is 0 Å². The summed E-state index contributed by atoms with van der Waals surface area (Å²) >= 11 is 0. The quantitative estimate of drug-likeness (QED) is 0.309. The van der Waals surface area contributed by atoms with E-state index in [0.29, 0.717) is 17.0 Å². The maximum Gasteiger partial charge on any atom is 0.163 e. The van der Waals surface area contributed by atoms with Gasteiger partial charge >= 0.3 is 0 Å². The fraction of sp³-hybridized carbons (Fsp3) is 0.107. The fourth-order valence-corrected chi connectivity index (χ4v) is 4.58. The third-order valence-electron chi connectivity index (χ3n) is 6.22. The maximum absolute atomic E-state index is 14.6. The Morgan fingerprint density at radius 3 is 2.62 bits per heavy atom. The van der Waals surface area contributed by atoms with Crippen molar-refractivity contribution in [2.75, 3.05) is 11.4 Å². The summed E-state index contributed by atoms with van der Waals surface area (Å²) in [5.41, 5.74) is 6.16. The number of pyridine rings is 1. The highest BCUT2D eigenvalue weighted by Gasteiger charge is 2.25. The average Bonchev–Trinajstić information content (AvgIpc) is 3.26. The van der Waals surface area contributed by atoms with E-state index in [4.69, 9.17) is 9.97 Å². The summed E-state index contributed by atoms with van der Waals surface area (Å²) in [6.45, 7) is 2.87. The van der Waals surface area contributed by atoms with Gasteiger partial charge in [-0.15, -0.1) is 0 Å². The van der Waals surface area contributed by atoms with Crippen LogP contribution in [-0.4, -0.2) is 21.5 Å². The molecule has 0 bridgehead atoms. The normalized spacial score (nSPS) is 12.9. The molecule has 166 valence electrons. The van der Waals surface area contributed by atoms with Gasteiger partial charge in [-0.05, 0) is 66.9 Å². The molecule has 34 heavy (non-hydrogen) atoms. The van der Waals surface area contributed by atoms with E-state index in [1.54, 1.807) is 12.4 Å². The zero-order valence-electron chi connectivity index (χ0n) is 18.5. The lowest BCUT2D eigenvalue weighted by Gasteiger charge is -2.21. The van der Waals surface area contributed by atoms with E-state index < -0.39 is 11.6 Å². The minimum absolute atomic E-state index is 0.336. The summed E-state index contributed by atoms with van der Waals surface area (Å²) in [7, 11) is 0. The summed E-state index contributed by atoms with van der Waals surface area (Å²) in [5, 5.41) is 0.808. The largest absolute Gasteiger partial charge is 0.325 e. The van der Waals surface area contributed by atoms with E-state index in [0.717, 1.165) is 47.0 Å². The van der Waals surface area contributed by atoms with E-state index in [-0.39, 0.29) is 0 Å². The Morgan fingerprint density at radius 2 is 1.79 bits per heavy atom. The van der Waals surface area contributed by atoms with Gasteiger partial charge in [-0.1, -0.05) is 23.8 Å². The number of fused-ring (bicyclic) bond motifs is 2. The Balaban J connectivity index is 1.58. The Kier molecular flexibility index (Phi) is 4.80. The SMILES string of the molecule is Cc1ccc2c(c1)CCN2c1nc(-c2cccnc2)nc2ccc(-c3ccc(F)cc3F)cc12. The minimum Gasteiger partial charge on any atom is -0.325 e. The van der Waals surface area contributed by atoms with Gasteiger partial charge in [0, 0.05) is 47.2 Å². The Hall–Kier alpha value is -4.19. The Bertz CT molecular complexity index is 1550. The Labute approximate surface area is 195 Å². The van der Waals surface area contributed by atoms with E-state index in [2.05, 4.69) is 35.0 Å². The molecular weight excluding hydrogens is 430 g/mol. The van der Waals surface area contributed by atoms with Crippen molar-refractivity contribution in [1.29, 1.82) is 0 Å². The van der Waals surface area contributed by atoms with Crippen LogP contribution in [0.25, 0.3) is 33.4 Å². The van der Waals surface area contributed by atoms with Crippen molar-refractivity contribution in [3.8, 4) is 22.5 Å². The van der Waals surface area contributed by atoms with Crippen LogP contribution in [0.2, 0.25) is 0 Å². The van der Waals surface area contributed by atoms with Gasteiger partial charge in [-0.3, -0.25) is 4.98 Å². The van der Waals surface area contributed by atoms with E-state index in [9.17, 15) is 8.78 Å². The number of nitrogens with zero attached hydrogens (tertiary/aromatic N) is 4. The molecule has 0 N–H and O–H groups in total. The monoisotopic (exact) mass is 450 g/mol. The predicted octanol–water partition coefficient (Wildman–Crippen LogP) is 6.64. The number of benzene rings is 3. The van der Waals surface area contributed by atoms with Crippen molar-refractivity contribution in [1.82, 2.24) is 15.0 Å². The molecule has 0 fully saturated rings. The lowest BCUT2D eigenvalue weighted by Crippen LogP contribution is -2.16. The van der Waals surface area contributed by atoms with Crippen LogP contribution in [-0.2, 0) is 6.42 Å². The summed E-state index contributed by atoms with van der Waals surface area (Å²) in [4.78, 5) is 16.2. The van der Waals surface area contributed by atoms with Crippen LogP contribution in [0.4, 0.5) is 20.3 Å². The van der Waals surface area contributed by atoms with Crippen LogP contribution in [0.5, 0.6) is 0 Å². The van der Waals surface area contributed by atoms with Crippen molar-refractivity contribution in [2.45, 2.75) is 13.3 Å². The molecule has 0 aliphatic carbocycles. The Morgan fingerprint density at radius 1 is 0.882 bits per heavy atom. The average molecular weight is 450 g/mol. The number of aromatic nitrogens is 3. The topological polar surface area (TPSA) is 41.9 Å². The number of rotatable bonds is 3. The van der Waals surface area contributed by atoms with Crippen molar-refractivity contribution in [3.05, 3.63) is 102 Å². The molecule has 3 heterocycles. The van der Waals surface area contributed by atoms with Crippen LogP contribution in [0.1, 0.15) is 11.1 Å². The molecular formula is C28H20F2N4. The summed E-state index contributed by atoms with van der Waals surface area (Å²) in [5.74, 6) is 0.139. The zero-order chi connectivity index (χ0) is 23.2. The highest BCUT2D eigenvalue weighted by Crippen LogP contribution is 2.39. The lowest BCUT2D eigenvalue weighted by molar-refractivity contribution is 0.585. The van der Waals surface area contributed by atoms with Gasteiger partial charge in [0.1, 0.15) is 17.5 Å². The smallest absolute Gasteiger partial charge is 0.163 e. The standard InChI is InChI=1S/C28H20F2N4/c1-17-4-9-26-19(13-17)10-12-34(26)28-23-14-18(22-7-6-21(29)15-24(22)30)5-8-25(23)32-27(33-28)20-3-2-11-31-16-20/h2-9,11,13-16H,10,12H2,1H3. The van der Waals surface area contributed by atoms with E-state index in [1.165, 1.54) is 23.3 Å². The third-order valence-corrected chi connectivity index (χ3v) is 6.22. The van der Waals surface area contributed by atoms with Gasteiger partial charge in [-0.2, -0.15) is 0 Å². The minimum atomic E-state index is -0.601. The zero-order valence-corrected chi connectivity index (χ0v) is 18.5. The van der Waals surface area contributed by atoms with Gasteiger partial charge in [0.25, 0.3) is 0 Å². The molecule has 0 spiro atoms. The number of halogens is 2. The van der Waals surface area contributed by atoms with Crippen molar-refractivity contribution < 1.29 is 8.78 Å².